The molecule has 0 saturated carbocycles. The number of hydrogen-bond donors (Lipinski definition) is 2. The van der Waals surface area contributed by atoms with Gasteiger partial charge in [-0.15, -0.1) is 0 Å². The van der Waals surface area contributed by atoms with Crippen LogP contribution >= 0.6 is 0 Å². The number of nitrogens with zero attached hydrogens (tertiary/aromatic N) is 2. The monoisotopic (exact) mass is 470 g/mol. The summed E-state index contributed by atoms with van der Waals surface area (Å²) in [6, 6.07) is 22.9. The minimum Gasteiger partial charge on any atom is -0.354 e. The van der Waals surface area contributed by atoms with Gasteiger partial charge in [-0.2, -0.15) is 5.26 Å². The van der Waals surface area contributed by atoms with Gasteiger partial charge >= 0.3 is 0 Å². The molecule has 0 saturated heterocycles. The predicted octanol–water partition coefficient (Wildman–Crippen LogP) is 3.81. The molecule has 0 fully saturated rings. The lowest BCUT2D eigenvalue weighted by Crippen LogP contribution is -2.51. The Morgan fingerprint density at radius 2 is 1.71 bits per heavy atom. The number of nitriles is 1. The smallest absolute Gasteiger partial charge is 0.237 e. The Labute approximate surface area is 204 Å². The highest BCUT2D eigenvalue weighted by Gasteiger charge is 2.31. The van der Waals surface area contributed by atoms with Crippen LogP contribution in [0.4, 0.5) is 10.1 Å². The minimum atomic E-state index is -0.391. The first-order chi connectivity index (χ1) is 17.0. The first-order valence-corrected chi connectivity index (χ1v) is 11.7. The van der Waals surface area contributed by atoms with Crippen LogP contribution in [0, 0.1) is 17.1 Å². The van der Waals surface area contributed by atoms with E-state index >= 15 is 0 Å². The Balaban J connectivity index is 1.38. The summed E-state index contributed by atoms with van der Waals surface area (Å²) in [5.41, 5.74) is 4.13. The number of para-hydroxylation sites is 1. The number of fused-ring (bicyclic) bond motifs is 1. The zero-order chi connectivity index (χ0) is 24.6. The normalized spacial score (nSPS) is 15.0. The first kappa shape index (κ1) is 24.1. The van der Waals surface area contributed by atoms with E-state index in [0.29, 0.717) is 43.7 Å². The van der Waals surface area contributed by atoms with E-state index in [2.05, 4.69) is 16.7 Å². The fourth-order valence-corrected chi connectivity index (χ4v) is 4.32. The highest BCUT2D eigenvalue weighted by molar-refractivity contribution is 5.92. The van der Waals surface area contributed by atoms with Crippen LogP contribution in [-0.2, 0) is 29.0 Å². The average Bonchev–Trinajstić information content (AvgIpc) is 2.88. The SMILES string of the molecule is N#Cc1ccccc1NC(=O)CCN1Cc2ccccc2CC1C(=O)NCCc1ccc(F)cc1. The number of benzene rings is 3. The molecule has 1 atom stereocenters. The lowest BCUT2D eigenvalue weighted by molar-refractivity contribution is -0.127. The summed E-state index contributed by atoms with van der Waals surface area (Å²) in [7, 11) is 0. The Morgan fingerprint density at radius 1 is 1.00 bits per heavy atom. The maximum atomic E-state index is 13.1. The van der Waals surface area contributed by atoms with E-state index in [4.69, 9.17) is 0 Å². The van der Waals surface area contributed by atoms with Gasteiger partial charge in [0, 0.05) is 26.1 Å². The molecular weight excluding hydrogens is 443 g/mol. The lowest BCUT2D eigenvalue weighted by atomic mass is 9.93. The molecule has 1 unspecified atom stereocenters. The Kier molecular flexibility index (Phi) is 7.86. The molecule has 4 rings (SSSR count). The summed E-state index contributed by atoms with van der Waals surface area (Å²) in [5.74, 6) is -0.576. The molecule has 1 aliphatic rings. The quantitative estimate of drug-likeness (QED) is 0.524. The average molecular weight is 471 g/mol. The molecule has 3 aromatic carbocycles. The second-order valence-corrected chi connectivity index (χ2v) is 8.58. The van der Waals surface area contributed by atoms with Gasteiger partial charge < -0.3 is 10.6 Å². The van der Waals surface area contributed by atoms with Crippen LogP contribution in [-0.4, -0.2) is 35.8 Å². The highest BCUT2D eigenvalue weighted by Crippen LogP contribution is 2.24. The number of carbonyl (C=O) groups excluding carboxylic acids is 2. The van der Waals surface area contributed by atoms with E-state index in [-0.39, 0.29) is 24.1 Å². The van der Waals surface area contributed by atoms with Crippen molar-refractivity contribution in [2.24, 2.45) is 0 Å². The largest absolute Gasteiger partial charge is 0.354 e. The molecule has 6 nitrogen and oxygen atoms in total. The van der Waals surface area contributed by atoms with Crippen LogP contribution in [0.25, 0.3) is 0 Å². The third-order valence-electron chi connectivity index (χ3n) is 6.22. The molecule has 7 heteroatoms. The standard InChI is InChI=1S/C28H27FN4O2/c29-24-11-9-20(10-12-24)13-15-31-28(35)26-17-21-5-1-2-7-23(21)19-33(26)16-14-27(34)32-25-8-4-3-6-22(25)18-30/h1-12,26H,13-17,19H2,(H,31,35)(H,32,34). The van der Waals surface area contributed by atoms with E-state index in [1.54, 1.807) is 36.4 Å². The fourth-order valence-electron chi connectivity index (χ4n) is 4.32. The van der Waals surface area contributed by atoms with Gasteiger partial charge in [0.05, 0.1) is 17.3 Å². The van der Waals surface area contributed by atoms with Crippen molar-refractivity contribution in [2.45, 2.75) is 31.8 Å². The molecule has 0 spiro atoms. The van der Waals surface area contributed by atoms with Crippen molar-refractivity contribution in [3.63, 3.8) is 0 Å². The fraction of sp³-hybridized carbons (Fsp3) is 0.250. The summed E-state index contributed by atoms with van der Waals surface area (Å²) in [6.45, 7) is 1.43. The van der Waals surface area contributed by atoms with Gasteiger partial charge in [0.1, 0.15) is 11.9 Å². The molecule has 178 valence electrons. The number of carbonyl (C=O) groups is 2. The van der Waals surface area contributed by atoms with Gasteiger partial charge in [-0.05, 0) is 53.8 Å². The van der Waals surface area contributed by atoms with Gasteiger partial charge in [0.2, 0.25) is 11.8 Å². The third kappa shape index (κ3) is 6.31. The van der Waals surface area contributed by atoms with Gasteiger partial charge in [0.25, 0.3) is 0 Å². The van der Waals surface area contributed by atoms with Crippen LogP contribution < -0.4 is 10.6 Å². The molecule has 3 aromatic rings. The van der Waals surface area contributed by atoms with E-state index in [9.17, 15) is 19.2 Å². The van der Waals surface area contributed by atoms with Crippen LogP contribution in [0.2, 0.25) is 0 Å². The number of anilines is 1. The van der Waals surface area contributed by atoms with E-state index in [1.807, 2.05) is 29.2 Å². The second-order valence-electron chi connectivity index (χ2n) is 8.58. The number of amides is 2. The molecule has 2 amide bonds. The summed E-state index contributed by atoms with van der Waals surface area (Å²) in [5, 5.41) is 15.1. The van der Waals surface area contributed by atoms with Crippen molar-refractivity contribution in [1.29, 1.82) is 5.26 Å². The number of nitrogens with one attached hydrogen (secondary N) is 2. The van der Waals surface area contributed by atoms with Gasteiger partial charge in [-0.1, -0.05) is 48.5 Å². The molecule has 0 radical (unpaired) electrons. The summed E-state index contributed by atoms with van der Waals surface area (Å²) >= 11 is 0. The maximum absolute atomic E-state index is 13.1. The summed E-state index contributed by atoms with van der Waals surface area (Å²) in [6.07, 6.45) is 1.37. The molecule has 1 aliphatic heterocycles. The van der Waals surface area contributed by atoms with Crippen molar-refractivity contribution in [3.05, 3.63) is 101 Å². The molecule has 1 heterocycles. The highest BCUT2D eigenvalue weighted by atomic mass is 19.1. The number of rotatable bonds is 8. The maximum Gasteiger partial charge on any atom is 0.237 e. The molecular formula is C28H27FN4O2. The van der Waals surface area contributed by atoms with Crippen LogP contribution in [0.15, 0.2) is 72.8 Å². The predicted molar refractivity (Wildman–Crippen MR) is 132 cm³/mol. The minimum absolute atomic E-state index is 0.0863. The van der Waals surface area contributed by atoms with E-state index < -0.39 is 6.04 Å². The molecule has 35 heavy (non-hydrogen) atoms. The van der Waals surface area contributed by atoms with Crippen LogP contribution in [0.1, 0.15) is 28.7 Å². The van der Waals surface area contributed by atoms with Crippen molar-refractivity contribution in [1.82, 2.24) is 10.2 Å². The number of halogens is 1. The summed E-state index contributed by atoms with van der Waals surface area (Å²) < 4.78 is 13.1. The van der Waals surface area contributed by atoms with E-state index in [0.717, 1.165) is 16.7 Å². The van der Waals surface area contributed by atoms with E-state index in [1.165, 1.54) is 12.1 Å². The third-order valence-corrected chi connectivity index (χ3v) is 6.22. The number of hydrogen-bond acceptors (Lipinski definition) is 4. The van der Waals surface area contributed by atoms with Gasteiger partial charge in [0.15, 0.2) is 0 Å². The van der Waals surface area contributed by atoms with Crippen LogP contribution in [0.5, 0.6) is 0 Å². The zero-order valence-electron chi connectivity index (χ0n) is 19.3. The lowest BCUT2D eigenvalue weighted by Gasteiger charge is -2.36. The van der Waals surface area contributed by atoms with Gasteiger partial charge in [-0.25, -0.2) is 4.39 Å². The van der Waals surface area contributed by atoms with Crippen molar-refractivity contribution in [2.75, 3.05) is 18.4 Å². The molecule has 2 N–H and O–H groups in total. The topological polar surface area (TPSA) is 85.2 Å². The summed E-state index contributed by atoms with van der Waals surface area (Å²) in [4.78, 5) is 27.8. The Bertz CT molecular complexity index is 1240. The van der Waals surface area contributed by atoms with Crippen LogP contribution in [0.3, 0.4) is 0 Å². The second kappa shape index (κ2) is 11.4. The first-order valence-electron chi connectivity index (χ1n) is 11.7. The molecule has 0 aliphatic carbocycles. The van der Waals surface area contributed by atoms with Crippen molar-refractivity contribution >= 4 is 17.5 Å². The van der Waals surface area contributed by atoms with Gasteiger partial charge in [-0.3, -0.25) is 14.5 Å². The zero-order valence-corrected chi connectivity index (χ0v) is 19.3. The Hall–Kier alpha value is -4.02. The Morgan fingerprint density at radius 3 is 2.49 bits per heavy atom. The molecule has 0 aromatic heterocycles. The van der Waals surface area contributed by atoms with Crippen molar-refractivity contribution < 1.29 is 14.0 Å². The molecule has 0 bridgehead atoms. The van der Waals surface area contributed by atoms with Crippen molar-refractivity contribution in [3.8, 4) is 6.07 Å².